The monoisotopic (exact) mass is 435 g/mol. The molecule has 2 aromatic rings. The van der Waals surface area contributed by atoms with E-state index in [1.807, 2.05) is 37.1 Å². The molecule has 2 atom stereocenters. The maximum absolute atomic E-state index is 13.3. The maximum Gasteiger partial charge on any atom is 0.319 e. The Hall–Kier alpha value is -1.95. The summed E-state index contributed by atoms with van der Waals surface area (Å²) >= 11 is 12.5. The summed E-state index contributed by atoms with van der Waals surface area (Å²) in [6, 6.07) is 12.0. The first-order valence-electron chi connectivity index (χ1n) is 9.86. The molecule has 1 aliphatic heterocycles. The highest BCUT2D eigenvalue weighted by Crippen LogP contribution is 2.30. The first-order valence-corrected chi connectivity index (χ1v) is 10.6. The van der Waals surface area contributed by atoms with Gasteiger partial charge in [0.15, 0.2) is 0 Å². The summed E-state index contributed by atoms with van der Waals surface area (Å²) in [5, 5.41) is 13.8. The second-order valence-electron chi connectivity index (χ2n) is 7.57. The van der Waals surface area contributed by atoms with Crippen LogP contribution in [0.25, 0.3) is 0 Å². The Bertz CT molecular complexity index is 862. The minimum Gasteiger partial charge on any atom is -0.508 e. The third-order valence-electron chi connectivity index (χ3n) is 5.40. The van der Waals surface area contributed by atoms with Crippen molar-refractivity contribution >= 4 is 29.2 Å². The van der Waals surface area contributed by atoms with Gasteiger partial charge in [0, 0.05) is 6.54 Å². The van der Waals surface area contributed by atoms with Crippen molar-refractivity contribution in [3.05, 3.63) is 63.6 Å². The van der Waals surface area contributed by atoms with Crippen LogP contribution in [0.2, 0.25) is 10.0 Å². The third-order valence-corrected chi connectivity index (χ3v) is 6.24. The lowest BCUT2D eigenvalue weighted by molar-refractivity contribution is 0.0497. The highest BCUT2D eigenvalue weighted by Gasteiger charge is 2.30. The number of carbonyl (C=O) groups is 1. The fourth-order valence-corrected chi connectivity index (χ4v) is 4.29. The molecule has 0 bridgehead atoms. The molecular formula is C22H27Cl2N3O2. The van der Waals surface area contributed by atoms with Gasteiger partial charge in [-0.25, -0.2) is 4.79 Å². The molecule has 29 heavy (non-hydrogen) atoms. The number of urea groups is 1. The van der Waals surface area contributed by atoms with E-state index in [4.69, 9.17) is 23.2 Å². The molecule has 2 amide bonds. The number of likely N-dealkylation sites (tertiary alicyclic amines) is 1. The van der Waals surface area contributed by atoms with Gasteiger partial charge in [0.2, 0.25) is 0 Å². The summed E-state index contributed by atoms with van der Waals surface area (Å²) < 4.78 is 0. The highest BCUT2D eigenvalue weighted by atomic mass is 35.5. The molecule has 1 saturated heterocycles. The van der Waals surface area contributed by atoms with Crippen molar-refractivity contribution in [2.45, 2.75) is 44.9 Å². The number of hydrogen-bond donors (Lipinski definition) is 2. The van der Waals surface area contributed by atoms with Crippen LogP contribution in [0.3, 0.4) is 0 Å². The van der Waals surface area contributed by atoms with Gasteiger partial charge in [0.25, 0.3) is 0 Å². The average molecular weight is 436 g/mol. The zero-order chi connectivity index (χ0) is 21.0. The number of nitrogens with zero attached hydrogens (tertiary/aromatic N) is 2. The number of hydrogen-bond acceptors (Lipinski definition) is 3. The van der Waals surface area contributed by atoms with E-state index in [9.17, 15) is 9.90 Å². The Balaban J connectivity index is 1.82. The number of benzene rings is 2. The van der Waals surface area contributed by atoms with Crippen LogP contribution in [0.15, 0.2) is 42.5 Å². The Morgan fingerprint density at radius 1 is 1.28 bits per heavy atom. The van der Waals surface area contributed by atoms with E-state index in [0.29, 0.717) is 16.6 Å². The van der Waals surface area contributed by atoms with Crippen LogP contribution in [-0.4, -0.2) is 40.7 Å². The first-order chi connectivity index (χ1) is 13.9. The van der Waals surface area contributed by atoms with Crippen molar-refractivity contribution in [3.8, 4) is 5.75 Å². The molecule has 156 valence electrons. The summed E-state index contributed by atoms with van der Waals surface area (Å²) in [7, 11) is 2.05. The quantitative estimate of drug-likeness (QED) is 0.659. The molecule has 0 spiro atoms. The molecule has 2 unspecified atom stereocenters. The SMILES string of the molecule is CC(NC(=O)N(Cc1cccc(O)c1)C1CCCCN1C)c1cccc(Cl)c1Cl. The molecular weight excluding hydrogens is 409 g/mol. The number of nitrogens with one attached hydrogen (secondary N) is 1. The van der Waals surface area contributed by atoms with E-state index in [-0.39, 0.29) is 24.0 Å². The smallest absolute Gasteiger partial charge is 0.319 e. The van der Waals surface area contributed by atoms with Crippen LogP contribution in [0.5, 0.6) is 5.75 Å². The molecule has 2 N–H and O–H groups in total. The fraction of sp³-hybridized carbons (Fsp3) is 0.409. The fourth-order valence-electron chi connectivity index (χ4n) is 3.82. The summed E-state index contributed by atoms with van der Waals surface area (Å²) in [6.07, 6.45) is 3.11. The summed E-state index contributed by atoms with van der Waals surface area (Å²) in [5.74, 6) is 0.193. The van der Waals surface area contributed by atoms with Gasteiger partial charge in [0.05, 0.1) is 22.3 Å². The lowest BCUT2D eigenvalue weighted by Crippen LogP contribution is -2.54. The molecule has 7 heteroatoms. The lowest BCUT2D eigenvalue weighted by Gasteiger charge is -2.41. The van der Waals surface area contributed by atoms with Crippen LogP contribution >= 0.6 is 23.2 Å². The van der Waals surface area contributed by atoms with Gasteiger partial charge in [-0.2, -0.15) is 0 Å². The minimum atomic E-state index is -0.297. The number of phenolic OH excluding ortho intramolecular Hbond substituents is 1. The Labute approximate surface area is 182 Å². The van der Waals surface area contributed by atoms with E-state index in [0.717, 1.165) is 36.9 Å². The van der Waals surface area contributed by atoms with Crippen molar-refractivity contribution < 1.29 is 9.90 Å². The molecule has 1 fully saturated rings. The van der Waals surface area contributed by atoms with Crippen LogP contribution < -0.4 is 5.32 Å². The number of aromatic hydroxyl groups is 1. The van der Waals surface area contributed by atoms with Crippen molar-refractivity contribution in [2.24, 2.45) is 0 Å². The van der Waals surface area contributed by atoms with Gasteiger partial charge in [-0.1, -0.05) is 47.5 Å². The Kier molecular flexibility index (Phi) is 7.28. The van der Waals surface area contributed by atoms with E-state index < -0.39 is 0 Å². The Morgan fingerprint density at radius 2 is 2.03 bits per heavy atom. The first kappa shape index (κ1) is 21.8. The maximum atomic E-state index is 13.3. The molecule has 2 aromatic carbocycles. The average Bonchev–Trinajstić information content (AvgIpc) is 2.69. The topological polar surface area (TPSA) is 55.8 Å². The van der Waals surface area contributed by atoms with Crippen molar-refractivity contribution in [3.63, 3.8) is 0 Å². The van der Waals surface area contributed by atoms with Gasteiger partial charge in [-0.3, -0.25) is 4.90 Å². The zero-order valence-electron chi connectivity index (χ0n) is 16.7. The van der Waals surface area contributed by atoms with E-state index in [2.05, 4.69) is 10.2 Å². The van der Waals surface area contributed by atoms with Gasteiger partial charge in [-0.15, -0.1) is 0 Å². The van der Waals surface area contributed by atoms with Gasteiger partial charge in [-0.05, 0) is 69.1 Å². The number of carbonyl (C=O) groups excluding carboxylic acids is 1. The molecule has 0 radical (unpaired) electrons. The second-order valence-corrected chi connectivity index (χ2v) is 8.35. The summed E-state index contributed by atoms with van der Waals surface area (Å²) in [5.41, 5.74) is 1.66. The molecule has 0 aromatic heterocycles. The minimum absolute atomic E-state index is 0.00636. The molecule has 3 rings (SSSR count). The molecule has 0 saturated carbocycles. The van der Waals surface area contributed by atoms with Crippen molar-refractivity contribution in [2.75, 3.05) is 13.6 Å². The molecule has 5 nitrogen and oxygen atoms in total. The van der Waals surface area contributed by atoms with Crippen LogP contribution in [0.1, 0.15) is 43.4 Å². The predicted molar refractivity (Wildman–Crippen MR) is 117 cm³/mol. The summed E-state index contributed by atoms with van der Waals surface area (Å²) in [4.78, 5) is 17.4. The second kappa shape index (κ2) is 9.70. The predicted octanol–water partition coefficient (Wildman–Crippen LogP) is 5.41. The van der Waals surface area contributed by atoms with Crippen LogP contribution in [-0.2, 0) is 6.54 Å². The lowest BCUT2D eigenvalue weighted by atomic mass is 10.1. The van der Waals surface area contributed by atoms with E-state index in [1.165, 1.54) is 0 Å². The van der Waals surface area contributed by atoms with Gasteiger partial charge >= 0.3 is 6.03 Å². The van der Waals surface area contributed by atoms with Gasteiger partial charge in [0.1, 0.15) is 5.75 Å². The molecule has 1 aliphatic rings. The number of rotatable bonds is 5. The van der Waals surface area contributed by atoms with Crippen molar-refractivity contribution in [1.29, 1.82) is 0 Å². The highest BCUT2D eigenvalue weighted by molar-refractivity contribution is 6.42. The largest absolute Gasteiger partial charge is 0.508 e. The third kappa shape index (κ3) is 5.35. The van der Waals surface area contributed by atoms with Crippen LogP contribution in [0.4, 0.5) is 4.79 Å². The molecule has 1 heterocycles. The normalized spacial score (nSPS) is 18.3. The standard InChI is InChI=1S/C22H27Cl2N3O2/c1-15(18-9-6-10-19(23)21(18)24)25-22(29)27(20-11-3-4-12-26(20)2)14-16-7-5-8-17(28)13-16/h5-10,13,15,20,28H,3-4,11-12,14H2,1-2H3,(H,25,29). The summed E-state index contributed by atoms with van der Waals surface area (Å²) in [6.45, 7) is 3.25. The van der Waals surface area contributed by atoms with Crippen LogP contribution in [0, 0.1) is 0 Å². The van der Waals surface area contributed by atoms with Gasteiger partial charge < -0.3 is 15.3 Å². The van der Waals surface area contributed by atoms with E-state index >= 15 is 0 Å². The van der Waals surface area contributed by atoms with Crippen molar-refractivity contribution in [1.82, 2.24) is 15.1 Å². The number of amides is 2. The number of phenols is 1. The Morgan fingerprint density at radius 3 is 2.76 bits per heavy atom. The number of piperidine rings is 1. The number of halogens is 2. The molecule has 0 aliphatic carbocycles. The van der Waals surface area contributed by atoms with E-state index in [1.54, 1.807) is 24.3 Å². The zero-order valence-corrected chi connectivity index (χ0v) is 18.2.